The van der Waals surface area contributed by atoms with Gasteiger partial charge in [-0.3, -0.25) is 4.55 Å². The van der Waals surface area contributed by atoms with Gasteiger partial charge in [-0.05, 0) is 25.7 Å². The van der Waals surface area contributed by atoms with E-state index in [0.717, 1.165) is 19.3 Å². The maximum absolute atomic E-state index is 11.0. The third kappa shape index (κ3) is 10.3. The second-order valence-electron chi connectivity index (χ2n) is 5.33. The predicted octanol–water partition coefficient (Wildman–Crippen LogP) is 3.54. The summed E-state index contributed by atoms with van der Waals surface area (Å²) < 4.78 is 31.0. The highest BCUT2D eigenvalue weighted by Crippen LogP contribution is 2.16. The molecule has 2 atom stereocenters. The summed E-state index contributed by atoms with van der Waals surface area (Å²) in [6, 6.07) is 0. The van der Waals surface area contributed by atoms with Gasteiger partial charge in [-0.2, -0.15) is 8.42 Å². The summed E-state index contributed by atoms with van der Waals surface area (Å²) in [5.74, 6) is 0. The predicted molar refractivity (Wildman–Crippen MR) is 78.9 cm³/mol. The molecule has 2 unspecified atom stereocenters. The van der Waals surface area contributed by atoms with Crippen LogP contribution in [0.3, 0.4) is 0 Å². The molecule has 0 aliphatic carbocycles. The van der Waals surface area contributed by atoms with Crippen LogP contribution in [0.5, 0.6) is 0 Å². The molecule has 0 rings (SSSR count). The van der Waals surface area contributed by atoms with Crippen molar-refractivity contribution >= 4 is 10.1 Å². The monoisotopic (exact) mass is 294 g/mol. The Morgan fingerprint density at radius 2 is 1.47 bits per heavy atom. The summed E-state index contributed by atoms with van der Waals surface area (Å²) in [4.78, 5) is 0. The molecular formula is C14H30O4S. The van der Waals surface area contributed by atoms with Gasteiger partial charge in [-0.15, -0.1) is 0 Å². The molecule has 19 heavy (non-hydrogen) atoms. The van der Waals surface area contributed by atoms with Crippen LogP contribution < -0.4 is 0 Å². The molecular weight excluding hydrogens is 264 g/mol. The van der Waals surface area contributed by atoms with Crippen molar-refractivity contribution in [1.29, 1.82) is 0 Å². The minimum absolute atomic E-state index is 0.340. The molecule has 0 radical (unpaired) electrons. The lowest BCUT2D eigenvalue weighted by Crippen LogP contribution is -2.21. The van der Waals surface area contributed by atoms with Crippen molar-refractivity contribution in [2.45, 2.75) is 89.4 Å². The fraction of sp³-hybridized carbons (Fsp3) is 1.00. The third-order valence-electron chi connectivity index (χ3n) is 3.59. The van der Waals surface area contributed by atoms with Crippen LogP contribution in [0.15, 0.2) is 0 Å². The van der Waals surface area contributed by atoms with Crippen LogP contribution in [0.2, 0.25) is 0 Å². The molecule has 116 valence electrons. The standard InChI is InChI=1S/C14H30O4S/c1-3-5-6-7-8-9-10-13(15)11-12-14(4-2)19(16,17)18/h13-15H,3-12H2,1-2H3,(H,16,17,18). The van der Waals surface area contributed by atoms with E-state index >= 15 is 0 Å². The van der Waals surface area contributed by atoms with Gasteiger partial charge in [0.05, 0.1) is 11.4 Å². The lowest BCUT2D eigenvalue weighted by atomic mass is 10.0. The van der Waals surface area contributed by atoms with Gasteiger partial charge in [-0.1, -0.05) is 52.4 Å². The maximum Gasteiger partial charge on any atom is 0.267 e. The minimum atomic E-state index is -3.96. The number of rotatable bonds is 12. The molecule has 0 spiro atoms. The van der Waals surface area contributed by atoms with E-state index in [-0.39, 0.29) is 0 Å². The molecule has 0 amide bonds. The Morgan fingerprint density at radius 3 is 2.00 bits per heavy atom. The molecule has 0 aliphatic rings. The summed E-state index contributed by atoms with van der Waals surface area (Å²) in [6.07, 6.45) is 8.57. The highest BCUT2D eigenvalue weighted by molar-refractivity contribution is 7.86. The Labute approximate surface area is 118 Å². The summed E-state index contributed by atoms with van der Waals surface area (Å²) in [5, 5.41) is 9.06. The van der Waals surface area contributed by atoms with Gasteiger partial charge in [-0.25, -0.2) is 0 Å². The van der Waals surface area contributed by atoms with E-state index in [1.165, 1.54) is 25.7 Å². The van der Waals surface area contributed by atoms with Crippen LogP contribution in [-0.2, 0) is 10.1 Å². The van der Waals surface area contributed by atoms with Crippen LogP contribution in [0.1, 0.15) is 78.1 Å². The van der Waals surface area contributed by atoms with Gasteiger partial charge in [0.2, 0.25) is 0 Å². The zero-order valence-electron chi connectivity index (χ0n) is 12.3. The molecule has 0 heterocycles. The molecule has 0 aromatic rings. The SMILES string of the molecule is CCCCCCCCC(O)CCC(CC)S(=O)(=O)O. The second-order valence-corrected chi connectivity index (χ2v) is 7.03. The number of hydrogen-bond donors (Lipinski definition) is 2. The van der Waals surface area contributed by atoms with E-state index in [4.69, 9.17) is 4.55 Å². The Hall–Kier alpha value is -0.130. The van der Waals surface area contributed by atoms with Crippen molar-refractivity contribution < 1.29 is 18.1 Å². The Balaban J connectivity index is 3.66. The smallest absolute Gasteiger partial charge is 0.267 e. The quantitative estimate of drug-likeness (QED) is 0.426. The van der Waals surface area contributed by atoms with Crippen LogP contribution in [0, 0.1) is 0 Å². The molecule has 0 aromatic carbocycles. The summed E-state index contributed by atoms with van der Waals surface area (Å²) >= 11 is 0. The van der Waals surface area contributed by atoms with Crippen molar-refractivity contribution in [3.8, 4) is 0 Å². The van der Waals surface area contributed by atoms with Crippen molar-refractivity contribution in [2.24, 2.45) is 0 Å². The Kier molecular flexibility index (Phi) is 10.6. The first-order valence-corrected chi connectivity index (χ1v) is 9.06. The molecule has 2 N–H and O–H groups in total. The highest BCUT2D eigenvalue weighted by Gasteiger charge is 2.21. The molecule has 0 bridgehead atoms. The third-order valence-corrected chi connectivity index (χ3v) is 5.00. The van der Waals surface area contributed by atoms with Crippen molar-refractivity contribution in [3.05, 3.63) is 0 Å². The second kappa shape index (κ2) is 10.6. The van der Waals surface area contributed by atoms with Crippen LogP contribution in [0.4, 0.5) is 0 Å². The van der Waals surface area contributed by atoms with Gasteiger partial charge in [0.25, 0.3) is 10.1 Å². The zero-order chi connectivity index (χ0) is 14.7. The van der Waals surface area contributed by atoms with E-state index in [1.54, 1.807) is 6.92 Å². The summed E-state index contributed by atoms with van der Waals surface area (Å²) in [7, 11) is -3.96. The first-order chi connectivity index (χ1) is 8.91. The molecule has 0 saturated carbocycles. The first-order valence-electron chi connectivity index (χ1n) is 7.56. The molecule has 0 aliphatic heterocycles. The van der Waals surface area contributed by atoms with Gasteiger partial charge in [0, 0.05) is 0 Å². The first kappa shape index (κ1) is 18.9. The summed E-state index contributed by atoms with van der Waals surface area (Å²) in [6.45, 7) is 3.92. The van der Waals surface area contributed by atoms with Gasteiger partial charge < -0.3 is 5.11 Å². The van der Waals surface area contributed by atoms with Crippen molar-refractivity contribution in [1.82, 2.24) is 0 Å². The molecule has 0 aromatic heterocycles. The lowest BCUT2D eigenvalue weighted by Gasteiger charge is -2.14. The Morgan fingerprint density at radius 1 is 0.895 bits per heavy atom. The number of hydrogen-bond acceptors (Lipinski definition) is 3. The van der Waals surface area contributed by atoms with Gasteiger partial charge in [0.15, 0.2) is 0 Å². The fourth-order valence-electron chi connectivity index (χ4n) is 2.25. The average Bonchev–Trinajstić information content (AvgIpc) is 2.32. The highest BCUT2D eigenvalue weighted by atomic mass is 32.2. The molecule has 5 heteroatoms. The number of aliphatic hydroxyl groups is 1. The topological polar surface area (TPSA) is 74.6 Å². The summed E-state index contributed by atoms with van der Waals surface area (Å²) in [5.41, 5.74) is 0. The Bertz CT molecular complexity index is 301. The van der Waals surface area contributed by atoms with E-state index in [2.05, 4.69) is 6.92 Å². The van der Waals surface area contributed by atoms with E-state index in [0.29, 0.717) is 19.3 Å². The van der Waals surface area contributed by atoms with Crippen LogP contribution >= 0.6 is 0 Å². The van der Waals surface area contributed by atoms with Crippen LogP contribution in [0.25, 0.3) is 0 Å². The maximum atomic E-state index is 11.0. The zero-order valence-corrected chi connectivity index (χ0v) is 13.2. The van der Waals surface area contributed by atoms with Crippen molar-refractivity contribution in [2.75, 3.05) is 0 Å². The fourth-order valence-corrected chi connectivity index (χ4v) is 3.10. The van der Waals surface area contributed by atoms with E-state index in [1.807, 2.05) is 0 Å². The largest absolute Gasteiger partial charge is 0.393 e. The van der Waals surface area contributed by atoms with Crippen molar-refractivity contribution in [3.63, 3.8) is 0 Å². The number of aliphatic hydroxyl groups excluding tert-OH is 1. The number of unbranched alkanes of at least 4 members (excludes halogenated alkanes) is 5. The van der Waals surface area contributed by atoms with E-state index < -0.39 is 21.5 Å². The van der Waals surface area contributed by atoms with Gasteiger partial charge in [0.1, 0.15) is 0 Å². The average molecular weight is 294 g/mol. The minimum Gasteiger partial charge on any atom is -0.393 e. The molecule has 0 saturated heterocycles. The normalized spacial score (nSPS) is 15.4. The molecule has 0 fully saturated rings. The van der Waals surface area contributed by atoms with Gasteiger partial charge >= 0.3 is 0 Å². The van der Waals surface area contributed by atoms with E-state index in [9.17, 15) is 13.5 Å². The van der Waals surface area contributed by atoms with Crippen LogP contribution in [-0.4, -0.2) is 29.4 Å². The lowest BCUT2D eigenvalue weighted by molar-refractivity contribution is 0.147. The molecule has 4 nitrogen and oxygen atoms in total.